The summed E-state index contributed by atoms with van der Waals surface area (Å²) in [4.78, 5) is 5.36. The molecule has 0 amide bonds. The Labute approximate surface area is 183 Å². The number of hydrogen-bond donors (Lipinski definition) is 0. The first kappa shape index (κ1) is 20.3. The average molecular weight is 405 g/mol. The molecule has 0 heterocycles. The van der Waals surface area contributed by atoms with Crippen molar-refractivity contribution < 1.29 is 4.84 Å². The summed E-state index contributed by atoms with van der Waals surface area (Å²) in [5, 5.41) is 5.94. The number of nitrogens with zero attached hydrogens (tertiary/aromatic N) is 2. The second-order valence-corrected chi connectivity index (χ2v) is 6.99. The van der Waals surface area contributed by atoms with E-state index in [2.05, 4.69) is 84.0 Å². The van der Waals surface area contributed by atoms with Crippen molar-refractivity contribution in [3.63, 3.8) is 0 Å². The molecule has 3 nitrogen and oxygen atoms in total. The normalized spacial score (nSPS) is 10.7. The molecule has 4 rings (SSSR count). The second kappa shape index (κ2) is 10.2. The molecule has 0 saturated carbocycles. The van der Waals surface area contributed by atoms with Crippen molar-refractivity contribution in [3.05, 3.63) is 138 Å². The molecule has 4 aromatic carbocycles. The van der Waals surface area contributed by atoms with Gasteiger partial charge in [0, 0.05) is 0 Å². The second-order valence-electron chi connectivity index (χ2n) is 6.99. The molecule has 0 aliphatic heterocycles. The highest BCUT2D eigenvalue weighted by Gasteiger charge is 2.05. The van der Waals surface area contributed by atoms with Crippen LogP contribution in [0.15, 0.2) is 120 Å². The average Bonchev–Trinajstić information content (AvgIpc) is 2.85. The monoisotopic (exact) mass is 404 g/mol. The lowest BCUT2D eigenvalue weighted by Crippen LogP contribution is -2.14. The Bertz CT molecular complexity index is 1090. The van der Waals surface area contributed by atoms with E-state index in [4.69, 9.17) is 4.84 Å². The van der Waals surface area contributed by atoms with Gasteiger partial charge in [-0.25, -0.2) is 0 Å². The van der Waals surface area contributed by atoms with Gasteiger partial charge in [-0.15, -0.1) is 5.17 Å². The zero-order valence-electron chi connectivity index (χ0n) is 17.4. The molecule has 0 spiro atoms. The van der Waals surface area contributed by atoms with Crippen LogP contribution in [0.25, 0.3) is 11.6 Å². The van der Waals surface area contributed by atoms with Crippen molar-refractivity contribution in [3.8, 4) is 0 Å². The van der Waals surface area contributed by atoms with E-state index in [0.29, 0.717) is 0 Å². The first-order valence-corrected chi connectivity index (χ1v) is 10.2. The van der Waals surface area contributed by atoms with Crippen LogP contribution < -0.4 is 5.17 Å². The van der Waals surface area contributed by atoms with Gasteiger partial charge in [0.15, 0.2) is 0 Å². The molecule has 31 heavy (non-hydrogen) atoms. The van der Waals surface area contributed by atoms with Gasteiger partial charge in [-0.1, -0.05) is 103 Å². The van der Waals surface area contributed by atoms with Crippen LogP contribution in [0.5, 0.6) is 0 Å². The van der Waals surface area contributed by atoms with E-state index in [1.807, 2.05) is 42.5 Å². The number of para-hydroxylation sites is 1. The SMILES string of the molecule is CON(/N=C/c1ccc(C=C(c2ccccc2)c2ccccc2)cc1)c1ccccc1. The summed E-state index contributed by atoms with van der Waals surface area (Å²) in [6.07, 6.45) is 4.01. The fourth-order valence-electron chi connectivity index (χ4n) is 3.31. The lowest BCUT2D eigenvalue weighted by atomic mass is 9.95. The molecule has 0 bridgehead atoms. The topological polar surface area (TPSA) is 24.8 Å². The molecule has 152 valence electrons. The summed E-state index contributed by atoms with van der Waals surface area (Å²) < 4.78 is 0. The van der Waals surface area contributed by atoms with E-state index >= 15 is 0 Å². The quantitative estimate of drug-likeness (QED) is 0.195. The van der Waals surface area contributed by atoms with Crippen LogP contribution in [0.1, 0.15) is 22.3 Å². The van der Waals surface area contributed by atoms with Crippen molar-refractivity contribution in [1.29, 1.82) is 0 Å². The third kappa shape index (κ3) is 5.35. The number of rotatable bonds is 7. The Balaban J connectivity index is 1.58. The zero-order valence-corrected chi connectivity index (χ0v) is 17.4. The van der Waals surface area contributed by atoms with Crippen molar-refractivity contribution in [2.45, 2.75) is 0 Å². The van der Waals surface area contributed by atoms with Gasteiger partial charge in [0.25, 0.3) is 0 Å². The minimum atomic E-state index is 0.871. The largest absolute Gasteiger partial charge is 0.255 e. The van der Waals surface area contributed by atoms with Crippen LogP contribution in [-0.4, -0.2) is 13.3 Å². The molecule has 0 aromatic heterocycles. The minimum absolute atomic E-state index is 0.871. The van der Waals surface area contributed by atoms with Crippen LogP contribution in [0.2, 0.25) is 0 Å². The molecule has 0 unspecified atom stereocenters. The third-order valence-corrected chi connectivity index (χ3v) is 4.88. The van der Waals surface area contributed by atoms with Gasteiger partial charge < -0.3 is 0 Å². The summed E-state index contributed by atoms with van der Waals surface area (Å²) in [5.41, 5.74) is 6.58. The number of hydrazone groups is 1. The van der Waals surface area contributed by atoms with Gasteiger partial charge in [0.2, 0.25) is 0 Å². The predicted octanol–water partition coefficient (Wildman–Crippen LogP) is 6.68. The maximum atomic E-state index is 5.36. The smallest absolute Gasteiger partial charge is 0.0901 e. The molecule has 0 atom stereocenters. The fraction of sp³-hybridized carbons (Fsp3) is 0.0357. The van der Waals surface area contributed by atoms with E-state index in [1.54, 1.807) is 13.3 Å². The van der Waals surface area contributed by atoms with Gasteiger partial charge in [0.1, 0.15) is 0 Å². The predicted molar refractivity (Wildman–Crippen MR) is 130 cm³/mol. The summed E-state index contributed by atoms with van der Waals surface area (Å²) in [6, 6.07) is 39.0. The van der Waals surface area contributed by atoms with Gasteiger partial charge in [0.05, 0.1) is 19.0 Å². The number of benzene rings is 4. The van der Waals surface area contributed by atoms with Crippen LogP contribution in [-0.2, 0) is 4.84 Å². The van der Waals surface area contributed by atoms with E-state index in [1.165, 1.54) is 21.9 Å². The molecule has 0 saturated heterocycles. The van der Waals surface area contributed by atoms with E-state index in [-0.39, 0.29) is 0 Å². The standard InChI is InChI=1S/C28H24N2O/c1-31-30(27-15-9-4-10-16-27)29-22-24-19-17-23(18-20-24)21-28(25-11-5-2-6-12-25)26-13-7-3-8-14-26/h2-22H,1H3/b29-22+. The molecule has 4 aromatic rings. The molecule has 0 radical (unpaired) electrons. The van der Waals surface area contributed by atoms with E-state index in [9.17, 15) is 0 Å². The van der Waals surface area contributed by atoms with Gasteiger partial charge in [-0.05, 0) is 46.0 Å². The zero-order chi connectivity index (χ0) is 21.3. The highest BCUT2D eigenvalue weighted by molar-refractivity contribution is 5.91. The number of hydrogen-bond acceptors (Lipinski definition) is 3. The van der Waals surface area contributed by atoms with Gasteiger partial charge >= 0.3 is 0 Å². The van der Waals surface area contributed by atoms with Crippen molar-refractivity contribution in [1.82, 2.24) is 0 Å². The Morgan fingerprint density at radius 1 is 0.645 bits per heavy atom. The summed E-state index contributed by atoms with van der Waals surface area (Å²) in [7, 11) is 1.60. The number of anilines is 1. The molecule has 0 aliphatic rings. The lowest BCUT2D eigenvalue weighted by molar-refractivity contribution is 0.170. The molecular weight excluding hydrogens is 380 g/mol. The van der Waals surface area contributed by atoms with E-state index in [0.717, 1.165) is 16.8 Å². The molecule has 3 heteroatoms. The molecule has 0 aliphatic carbocycles. The van der Waals surface area contributed by atoms with Gasteiger partial charge in [-0.3, -0.25) is 4.84 Å². The molecular formula is C28H24N2O. The summed E-state index contributed by atoms with van der Waals surface area (Å²) in [6.45, 7) is 0. The maximum absolute atomic E-state index is 5.36. The Morgan fingerprint density at radius 3 is 1.65 bits per heavy atom. The molecule has 0 N–H and O–H groups in total. The van der Waals surface area contributed by atoms with Crippen LogP contribution in [0, 0.1) is 0 Å². The first-order chi connectivity index (χ1) is 15.3. The highest BCUT2D eigenvalue weighted by atomic mass is 16.7. The van der Waals surface area contributed by atoms with Crippen LogP contribution in [0.4, 0.5) is 5.69 Å². The fourth-order valence-corrected chi connectivity index (χ4v) is 3.31. The van der Waals surface area contributed by atoms with Crippen molar-refractivity contribution in [2.24, 2.45) is 5.10 Å². The first-order valence-electron chi connectivity index (χ1n) is 10.2. The summed E-state index contributed by atoms with van der Waals surface area (Å²) in [5.74, 6) is 0. The Hall–Kier alpha value is -3.95. The van der Waals surface area contributed by atoms with Crippen molar-refractivity contribution in [2.75, 3.05) is 12.3 Å². The Kier molecular flexibility index (Phi) is 6.68. The summed E-state index contributed by atoms with van der Waals surface area (Å²) >= 11 is 0. The highest BCUT2D eigenvalue weighted by Crippen LogP contribution is 2.26. The molecule has 0 fully saturated rings. The van der Waals surface area contributed by atoms with Gasteiger partial charge in [-0.2, -0.15) is 5.10 Å². The lowest BCUT2D eigenvalue weighted by Gasteiger charge is -2.14. The van der Waals surface area contributed by atoms with Crippen molar-refractivity contribution >= 4 is 23.6 Å². The van der Waals surface area contributed by atoms with E-state index < -0.39 is 0 Å². The Morgan fingerprint density at radius 2 is 1.13 bits per heavy atom. The maximum Gasteiger partial charge on any atom is 0.0901 e. The minimum Gasteiger partial charge on any atom is -0.255 e. The van der Waals surface area contributed by atoms with Crippen LogP contribution >= 0.6 is 0 Å². The third-order valence-electron chi connectivity index (χ3n) is 4.88. The van der Waals surface area contributed by atoms with Crippen LogP contribution in [0.3, 0.4) is 0 Å².